The van der Waals surface area contributed by atoms with Crippen molar-refractivity contribution in [1.82, 2.24) is 5.32 Å². The van der Waals surface area contributed by atoms with Gasteiger partial charge in [-0.15, -0.1) is 0 Å². The standard InChI is InChI=1S/C12H17NO4S/c1-12(2,18(3,16)17)11(15)13-8-9-4-6-10(14)7-5-9/h4-7,14H,8H2,1-3H3,(H,13,15). The Labute approximate surface area is 107 Å². The number of hydrogen-bond donors (Lipinski definition) is 2. The SMILES string of the molecule is CC(C)(C(=O)NCc1ccc(O)cc1)S(C)(=O)=O. The van der Waals surface area contributed by atoms with Crippen LogP contribution in [-0.2, 0) is 21.2 Å². The van der Waals surface area contributed by atoms with Crippen molar-refractivity contribution in [2.24, 2.45) is 0 Å². The van der Waals surface area contributed by atoms with E-state index in [9.17, 15) is 13.2 Å². The van der Waals surface area contributed by atoms with Crippen molar-refractivity contribution >= 4 is 15.7 Å². The van der Waals surface area contributed by atoms with Gasteiger partial charge in [-0.2, -0.15) is 0 Å². The Balaban J connectivity index is 2.70. The van der Waals surface area contributed by atoms with Crippen molar-refractivity contribution in [3.05, 3.63) is 29.8 Å². The summed E-state index contributed by atoms with van der Waals surface area (Å²) in [7, 11) is -3.46. The largest absolute Gasteiger partial charge is 0.508 e. The van der Waals surface area contributed by atoms with Crippen LogP contribution in [0.15, 0.2) is 24.3 Å². The molecule has 1 rings (SSSR count). The fourth-order valence-electron chi connectivity index (χ4n) is 1.18. The van der Waals surface area contributed by atoms with Gasteiger partial charge in [0.1, 0.15) is 10.5 Å². The maximum Gasteiger partial charge on any atom is 0.241 e. The molecule has 0 atom stereocenters. The lowest BCUT2D eigenvalue weighted by molar-refractivity contribution is -0.123. The van der Waals surface area contributed by atoms with Gasteiger partial charge in [0.05, 0.1) is 0 Å². The van der Waals surface area contributed by atoms with Gasteiger partial charge < -0.3 is 10.4 Å². The van der Waals surface area contributed by atoms with E-state index in [1.54, 1.807) is 12.1 Å². The molecule has 0 aromatic heterocycles. The summed E-state index contributed by atoms with van der Waals surface area (Å²) in [5, 5.41) is 11.7. The Bertz CT molecular complexity index is 532. The highest BCUT2D eigenvalue weighted by molar-refractivity contribution is 7.92. The van der Waals surface area contributed by atoms with Crippen LogP contribution in [0, 0.1) is 0 Å². The minimum atomic E-state index is -3.46. The fraction of sp³-hybridized carbons (Fsp3) is 0.417. The second-order valence-corrected chi connectivity index (χ2v) is 7.20. The quantitative estimate of drug-likeness (QED) is 0.849. The molecule has 1 aromatic carbocycles. The molecule has 100 valence electrons. The number of carbonyl (C=O) groups excluding carboxylic acids is 1. The molecule has 0 radical (unpaired) electrons. The molecule has 0 heterocycles. The zero-order chi connectivity index (χ0) is 14.0. The number of sulfone groups is 1. The monoisotopic (exact) mass is 271 g/mol. The number of aromatic hydroxyl groups is 1. The van der Waals surface area contributed by atoms with Crippen molar-refractivity contribution in [2.75, 3.05) is 6.26 Å². The first-order valence-corrected chi connectivity index (χ1v) is 7.29. The van der Waals surface area contributed by atoms with Gasteiger partial charge in [0.2, 0.25) is 5.91 Å². The highest BCUT2D eigenvalue weighted by Crippen LogP contribution is 2.15. The Morgan fingerprint density at radius 1 is 1.28 bits per heavy atom. The second-order valence-electron chi connectivity index (χ2n) is 4.63. The van der Waals surface area contributed by atoms with E-state index in [1.165, 1.54) is 26.0 Å². The number of carbonyl (C=O) groups is 1. The minimum absolute atomic E-state index is 0.140. The number of hydrogen-bond acceptors (Lipinski definition) is 4. The normalized spacial score (nSPS) is 12.2. The molecule has 0 saturated heterocycles. The Morgan fingerprint density at radius 3 is 2.22 bits per heavy atom. The highest BCUT2D eigenvalue weighted by atomic mass is 32.2. The molecular formula is C12H17NO4S. The van der Waals surface area contributed by atoms with Crippen LogP contribution in [0.25, 0.3) is 0 Å². The number of nitrogens with one attached hydrogen (secondary N) is 1. The third kappa shape index (κ3) is 3.22. The smallest absolute Gasteiger partial charge is 0.241 e. The summed E-state index contributed by atoms with van der Waals surface area (Å²) in [5.41, 5.74) is 0.783. The number of benzene rings is 1. The number of phenolic OH excluding ortho intramolecular Hbond substituents is 1. The predicted molar refractivity (Wildman–Crippen MR) is 68.9 cm³/mol. The second kappa shape index (κ2) is 4.97. The molecule has 5 nitrogen and oxygen atoms in total. The maximum atomic E-state index is 11.8. The lowest BCUT2D eigenvalue weighted by atomic mass is 10.1. The average molecular weight is 271 g/mol. The summed E-state index contributed by atoms with van der Waals surface area (Å²) in [4.78, 5) is 11.8. The molecular weight excluding hydrogens is 254 g/mol. The summed E-state index contributed by atoms with van der Waals surface area (Å²) in [6.45, 7) is 2.96. The van der Waals surface area contributed by atoms with Crippen LogP contribution in [0.5, 0.6) is 5.75 Å². The highest BCUT2D eigenvalue weighted by Gasteiger charge is 2.38. The minimum Gasteiger partial charge on any atom is -0.508 e. The Morgan fingerprint density at radius 2 is 1.78 bits per heavy atom. The van der Waals surface area contributed by atoms with E-state index in [1.807, 2.05) is 0 Å². The van der Waals surface area contributed by atoms with E-state index in [0.717, 1.165) is 11.8 Å². The van der Waals surface area contributed by atoms with Crippen molar-refractivity contribution < 1.29 is 18.3 Å². The lowest BCUT2D eigenvalue weighted by Crippen LogP contribution is -2.47. The number of amides is 1. The first-order chi connectivity index (χ1) is 8.14. The fourth-order valence-corrected chi connectivity index (χ4v) is 1.59. The van der Waals surface area contributed by atoms with Gasteiger partial charge in [-0.3, -0.25) is 4.79 Å². The summed E-state index contributed by atoms with van der Waals surface area (Å²) in [6.07, 6.45) is 1.03. The van der Waals surface area contributed by atoms with E-state index >= 15 is 0 Å². The summed E-state index contributed by atoms with van der Waals surface area (Å²) < 4.78 is 21.5. The van der Waals surface area contributed by atoms with E-state index in [0.29, 0.717) is 0 Å². The third-order valence-electron chi connectivity index (χ3n) is 2.86. The van der Waals surface area contributed by atoms with Gasteiger partial charge in [-0.1, -0.05) is 12.1 Å². The molecule has 0 fully saturated rings. The van der Waals surface area contributed by atoms with Crippen LogP contribution in [0.3, 0.4) is 0 Å². The molecule has 2 N–H and O–H groups in total. The topological polar surface area (TPSA) is 83.5 Å². The van der Waals surface area contributed by atoms with Crippen molar-refractivity contribution in [1.29, 1.82) is 0 Å². The van der Waals surface area contributed by atoms with Crippen LogP contribution in [0.1, 0.15) is 19.4 Å². The number of phenols is 1. The molecule has 0 unspecified atom stereocenters. The molecule has 1 amide bonds. The third-order valence-corrected chi connectivity index (χ3v) is 4.90. The Hall–Kier alpha value is -1.56. The van der Waals surface area contributed by atoms with Crippen LogP contribution in [-0.4, -0.2) is 30.4 Å². The van der Waals surface area contributed by atoms with Crippen LogP contribution in [0.4, 0.5) is 0 Å². The Kier molecular flexibility index (Phi) is 4.01. The van der Waals surface area contributed by atoms with Gasteiger partial charge in [0.25, 0.3) is 0 Å². The summed E-state index contributed by atoms with van der Waals surface area (Å²) >= 11 is 0. The molecule has 0 aliphatic rings. The van der Waals surface area contributed by atoms with E-state index in [4.69, 9.17) is 5.11 Å². The average Bonchev–Trinajstić information content (AvgIpc) is 2.26. The first-order valence-electron chi connectivity index (χ1n) is 5.40. The molecule has 6 heteroatoms. The van der Waals surface area contributed by atoms with Crippen molar-refractivity contribution in [3.63, 3.8) is 0 Å². The molecule has 0 bridgehead atoms. The first kappa shape index (κ1) is 14.5. The van der Waals surface area contributed by atoms with Gasteiger partial charge in [0.15, 0.2) is 9.84 Å². The van der Waals surface area contributed by atoms with Gasteiger partial charge >= 0.3 is 0 Å². The molecule has 0 aliphatic carbocycles. The lowest BCUT2D eigenvalue weighted by Gasteiger charge is -2.21. The summed E-state index contributed by atoms with van der Waals surface area (Å²) in [5.74, 6) is -0.403. The van der Waals surface area contributed by atoms with Crippen molar-refractivity contribution in [3.8, 4) is 5.75 Å². The van der Waals surface area contributed by atoms with E-state index in [2.05, 4.69) is 5.32 Å². The van der Waals surface area contributed by atoms with Crippen LogP contribution in [0.2, 0.25) is 0 Å². The molecule has 1 aromatic rings. The van der Waals surface area contributed by atoms with Crippen molar-refractivity contribution in [2.45, 2.75) is 25.1 Å². The zero-order valence-electron chi connectivity index (χ0n) is 10.6. The zero-order valence-corrected chi connectivity index (χ0v) is 11.4. The molecule has 0 spiro atoms. The molecule has 0 saturated carbocycles. The van der Waals surface area contributed by atoms with E-state index in [-0.39, 0.29) is 12.3 Å². The van der Waals surface area contributed by atoms with Crippen LogP contribution < -0.4 is 5.32 Å². The van der Waals surface area contributed by atoms with Gasteiger partial charge in [0, 0.05) is 12.8 Å². The molecule has 18 heavy (non-hydrogen) atoms. The molecule has 0 aliphatic heterocycles. The maximum absolute atomic E-state index is 11.8. The van der Waals surface area contributed by atoms with E-state index < -0.39 is 20.5 Å². The summed E-state index contributed by atoms with van der Waals surface area (Å²) in [6, 6.07) is 6.32. The van der Waals surface area contributed by atoms with Crippen LogP contribution >= 0.6 is 0 Å². The van der Waals surface area contributed by atoms with Gasteiger partial charge in [-0.25, -0.2) is 8.42 Å². The van der Waals surface area contributed by atoms with Gasteiger partial charge in [-0.05, 0) is 31.5 Å². The predicted octanol–water partition coefficient (Wildman–Crippen LogP) is 0.832. The number of rotatable bonds is 4.